The van der Waals surface area contributed by atoms with Crippen molar-refractivity contribution in [2.24, 2.45) is 0 Å². The molecule has 2 N–H and O–H groups in total. The lowest BCUT2D eigenvalue weighted by molar-refractivity contribution is 0.0690. The van der Waals surface area contributed by atoms with Gasteiger partial charge in [-0.1, -0.05) is 5.16 Å². The van der Waals surface area contributed by atoms with Crippen LogP contribution in [0.5, 0.6) is 0 Å². The number of carbonyl (C=O) groups is 2. The molecule has 100 valence electrons. The molecule has 0 aliphatic heterocycles. The second kappa shape index (κ2) is 5.29. The van der Waals surface area contributed by atoms with E-state index >= 15 is 0 Å². The van der Waals surface area contributed by atoms with Gasteiger partial charge in [0, 0.05) is 26.2 Å². The maximum atomic E-state index is 11.5. The molecule has 0 saturated carbocycles. The number of hydrogen-bond acceptors (Lipinski definition) is 6. The number of amides is 1. The average molecular weight is 265 g/mol. The summed E-state index contributed by atoms with van der Waals surface area (Å²) < 4.78 is 6.24. The number of aromatic carboxylic acids is 1. The monoisotopic (exact) mass is 265 g/mol. The summed E-state index contributed by atoms with van der Waals surface area (Å²) in [5.74, 6) is -1.26. The Morgan fingerprint density at radius 1 is 1.53 bits per heavy atom. The Kier molecular flexibility index (Phi) is 3.55. The van der Waals surface area contributed by atoms with Gasteiger partial charge in [-0.2, -0.15) is 4.98 Å². The normalized spacial score (nSPS) is 10.4. The van der Waals surface area contributed by atoms with Crippen molar-refractivity contribution in [3.05, 3.63) is 29.9 Å². The van der Waals surface area contributed by atoms with Crippen molar-refractivity contribution in [1.29, 1.82) is 0 Å². The number of aryl methyl sites for hydroxylation is 1. The molecule has 2 heterocycles. The van der Waals surface area contributed by atoms with Gasteiger partial charge in [0.15, 0.2) is 5.69 Å². The quantitative estimate of drug-likeness (QED) is 0.760. The zero-order chi connectivity index (χ0) is 13.8. The standard InChI is InChI=1S/C10H11N5O4/c1-6-13-8(14-19-6)9(16)11-2-3-15-4-7(10(17)18)12-5-15/h4-5H,2-3H2,1H3,(H,11,16)(H,17,18). The molecule has 9 nitrogen and oxygen atoms in total. The minimum atomic E-state index is -1.09. The molecule has 0 saturated heterocycles. The molecule has 0 radical (unpaired) electrons. The molecular formula is C10H11N5O4. The van der Waals surface area contributed by atoms with Crippen molar-refractivity contribution < 1.29 is 19.2 Å². The molecule has 19 heavy (non-hydrogen) atoms. The number of carboxylic acids is 1. The summed E-state index contributed by atoms with van der Waals surface area (Å²) in [5.41, 5.74) is -0.0416. The van der Waals surface area contributed by atoms with Gasteiger partial charge < -0.3 is 19.5 Å². The molecule has 0 atom stereocenters. The molecule has 0 spiro atoms. The van der Waals surface area contributed by atoms with Gasteiger partial charge in [-0.05, 0) is 0 Å². The summed E-state index contributed by atoms with van der Waals surface area (Å²) in [6.45, 7) is 2.27. The number of carboxylic acid groups (broad SMARTS) is 1. The van der Waals surface area contributed by atoms with E-state index in [1.165, 1.54) is 12.5 Å². The smallest absolute Gasteiger partial charge is 0.356 e. The topological polar surface area (TPSA) is 123 Å². The van der Waals surface area contributed by atoms with Crippen LogP contribution < -0.4 is 5.32 Å². The highest BCUT2D eigenvalue weighted by molar-refractivity contribution is 5.90. The summed E-state index contributed by atoms with van der Waals surface area (Å²) in [7, 11) is 0. The molecule has 0 bridgehead atoms. The van der Waals surface area contributed by atoms with E-state index in [0.717, 1.165) is 0 Å². The predicted molar refractivity (Wildman–Crippen MR) is 60.6 cm³/mol. The summed E-state index contributed by atoms with van der Waals surface area (Å²) in [5, 5.41) is 14.7. The molecule has 2 aromatic heterocycles. The largest absolute Gasteiger partial charge is 0.476 e. The minimum absolute atomic E-state index is 0.0330. The number of nitrogens with one attached hydrogen (secondary N) is 1. The van der Waals surface area contributed by atoms with Gasteiger partial charge in [0.25, 0.3) is 11.7 Å². The predicted octanol–water partition coefficient (Wildman–Crippen LogP) is -0.297. The summed E-state index contributed by atoms with van der Waals surface area (Å²) in [6.07, 6.45) is 2.76. The third kappa shape index (κ3) is 3.15. The van der Waals surface area contributed by atoms with Crippen molar-refractivity contribution in [2.45, 2.75) is 13.5 Å². The molecular weight excluding hydrogens is 254 g/mol. The summed E-state index contributed by atoms with van der Waals surface area (Å²) >= 11 is 0. The SMILES string of the molecule is Cc1nc(C(=O)NCCn2cnc(C(=O)O)c2)no1. The fourth-order valence-electron chi connectivity index (χ4n) is 1.36. The van der Waals surface area contributed by atoms with Crippen molar-refractivity contribution in [3.63, 3.8) is 0 Å². The maximum absolute atomic E-state index is 11.5. The first-order chi connectivity index (χ1) is 9.06. The molecule has 2 aromatic rings. The summed E-state index contributed by atoms with van der Waals surface area (Å²) in [4.78, 5) is 29.6. The Labute approximate surface area is 107 Å². The molecule has 0 fully saturated rings. The minimum Gasteiger partial charge on any atom is -0.476 e. The van der Waals surface area contributed by atoms with Crippen molar-refractivity contribution in [1.82, 2.24) is 25.0 Å². The van der Waals surface area contributed by atoms with E-state index in [9.17, 15) is 9.59 Å². The van der Waals surface area contributed by atoms with Gasteiger partial charge in [0.1, 0.15) is 0 Å². The van der Waals surface area contributed by atoms with E-state index in [0.29, 0.717) is 19.0 Å². The Balaban J connectivity index is 1.83. The highest BCUT2D eigenvalue weighted by Gasteiger charge is 2.12. The van der Waals surface area contributed by atoms with Gasteiger partial charge in [0.05, 0.1) is 6.33 Å². The number of hydrogen-bond donors (Lipinski definition) is 2. The molecule has 0 aliphatic carbocycles. The number of aromatic nitrogens is 4. The van der Waals surface area contributed by atoms with E-state index in [4.69, 9.17) is 5.11 Å². The first-order valence-electron chi connectivity index (χ1n) is 5.40. The zero-order valence-electron chi connectivity index (χ0n) is 10.0. The lowest BCUT2D eigenvalue weighted by Gasteiger charge is -2.02. The Morgan fingerprint density at radius 2 is 2.32 bits per heavy atom. The molecule has 0 aromatic carbocycles. The number of imidazole rings is 1. The van der Waals surface area contributed by atoms with Gasteiger partial charge >= 0.3 is 5.97 Å². The maximum Gasteiger partial charge on any atom is 0.356 e. The van der Waals surface area contributed by atoms with Crippen LogP contribution in [0, 0.1) is 6.92 Å². The third-order valence-electron chi connectivity index (χ3n) is 2.24. The Hall–Kier alpha value is -2.71. The van der Waals surface area contributed by atoms with Gasteiger partial charge in [0.2, 0.25) is 5.89 Å². The lowest BCUT2D eigenvalue weighted by Crippen LogP contribution is -2.27. The highest BCUT2D eigenvalue weighted by Crippen LogP contribution is 1.96. The van der Waals surface area contributed by atoms with Crippen LogP contribution in [0.15, 0.2) is 17.0 Å². The van der Waals surface area contributed by atoms with Gasteiger partial charge in [-0.15, -0.1) is 0 Å². The Bertz CT molecular complexity index is 603. The van der Waals surface area contributed by atoms with Crippen molar-refractivity contribution in [3.8, 4) is 0 Å². The van der Waals surface area contributed by atoms with Crippen LogP contribution in [0.25, 0.3) is 0 Å². The Morgan fingerprint density at radius 3 is 2.89 bits per heavy atom. The van der Waals surface area contributed by atoms with E-state index in [1.807, 2.05) is 0 Å². The second-order valence-corrected chi connectivity index (χ2v) is 3.69. The van der Waals surface area contributed by atoms with Crippen LogP contribution in [-0.4, -0.2) is 43.2 Å². The van der Waals surface area contributed by atoms with Crippen molar-refractivity contribution in [2.75, 3.05) is 6.54 Å². The van der Waals surface area contributed by atoms with Crippen LogP contribution in [0.1, 0.15) is 27.0 Å². The zero-order valence-corrected chi connectivity index (χ0v) is 10.0. The first-order valence-corrected chi connectivity index (χ1v) is 5.40. The highest BCUT2D eigenvalue weighted by atomic mass is 16.5. The molecule has 1 amide bonds. The summed E-state index contributed by atoms with van der Waals surface area (Å²) in [6, 6.07) is 0. The van der Waals surface area contributed by atoms with Crippen LogP contribution in [0.4, 0.5) is 0 Å². The van der Waals surface area contributed by atoms with E-state index < -0.39 is 11.9 Å². The van der Waals surface area contributed by atoms with Gasteiger partial charge in [-0.25, -0.2) is 9.78 Å². The lowest BCUT2D eigenvalue weighted by atomic mass is 10.5. The second-order valence-electron chi connectivity index (χ2n) is 3.69. The van der Waals surface area contributed by atoms with E-state index in [1.54, 1.807) is 11.5 Å². The van der Waals surface area contributed by atoms with E-state index in [-0.39, 0.29) is 11.5 Å². The number of rotatable bonds is 5. The number of nitrogens with zero attached hydrogens (tertiary/aromatic N) is 4. The first kappa shape index (κ1) is 12.7. The third-order valence-corrected chi connectivity index (χ3v) is 2.24. The van der Waals surface area contributed by atoms with Crippen LogP contribution in [0.2, 0.25) is 0 Å². The van der Waals surface area contributed by atoms with Crippen molar-refractivity contribution >= 4 is 11.9 Å². The van der Waals surface area contributed by atoms with Crippen LogP contribution in [-0.2, 0) is 6.54 Å². The van der Waals surface area contributed by atoms with Crippen LogP contribution in [0.3, 0.4) is 0 Å². The molecule has 2 rings (SSSR count). The molecule has 0 aliphatic rings. The fraction of sp³-hybridized carbons (Fsp3) is 0.300. The van der Waals surface area contributed by atoms with Crippen LogP contribution >= 0.6 is 0 Å². The molecule has 0 unspecified atom stereocenters. The average Bonchev–Trinajstić information content (AvgIpc) is 2.98. The number of carbonyl (C=O) groups excluding carboxylic acids is 1. The van der Waals surface area contributed by atoms with E-state index in [2.05, 4.69) is 25.0 Å². The fourth-order valence-corrected chi connectivity index (χ4v) is 1.36. The molecule has 9 heteroatoms. The van der Waals surface area contributed by atoms with Gasteiger partial charge in [-0.3, -0.25) is 4.79 Å².